The van der Waals surface area contributed by atoms with Crippen molar-refractivity contribution >= 4 is 24.8 Å². The lowest BCUT2D eigenvalue weighted by Crippen LogP contribution is -2.45. The molecule has 1 aromatic carbocycles. The van der Waals surface area contributed by atoms with E-state index >= 15 is 0 Å². The maximum atomic E-state index is 5.70. The summed E-state index contributed by atoms with van der Waals surface area (Å²) in [6.07, 6.45) is 1.11. The first kappa shape index (κ1) is 23.3. The molecule has 0 bridgehead atoms. The van der Waals surface area contributed by atoms with Crippen LogP contribution in [0.5, 0.6) is 11.5 Å². The highest BCUT2D eigenvalue weighted by Gasteiger charge is 2.28. The van der Waals surface area contributed by atoms with Gasteiger partial charge in [0.2, 0.25) is 0 Å². The van der Waals surface area contributed by atoms with E-state index in [1.807, 2.05) is 0 Å². The number of nitrogens with one attached hydrogen (secondary N) is 1. The van der Waals surface area contributed by atoms with Crippen LogP contribution in [0.25, 0.3) is 0 Å². The number of halogens is 2. The maximum Gasteiger partial charge on any atom is 0.127 e. The number of piperazine rings is 1. The van der Waals surface area contributed by atoms with E-state index in [1.54, 1.807) is 14.2 Å². The first-order valence-corrected chi connectivity index (χ1v) is 8.24. The molecule has 1 fully saturated rings. The fourth-order valence-corrected chi connectivity index (χ4v) is 3.29. The number of benzene rings is 1. The second-order valence-corrected chi connectivity index (χ2v) is 6.51. The summed E-state index contributed by atoms with van der Waals surface area (Å²) in [5.41, 5.74) is 2.37. The van der Waals surface area contributed by atoms with Crippen molar-refractivity contribution in [3.63, 3.8) is 0 Å². The van der Waals surface area contributed by atoms with Gasteiger partial charge in [0.25, 0.3) is 0 Å². The van der Waals surface area contributed by atoms with Crippen molar-refractivity contribution in [2.24, 2.45) is 5.92 Å². The summed E-state index contributed by atoms with van der Waals surface area (Å²) in [4.78, 5) is 2.56. The summed E-state index contributed by atoms with van der Waals surface area (Å²) in [7, 11) is 3.50. The van der Waals surface area contributed by atoms with Gasteiger partial charge in [-0.1, -0.05) is 13.8 Å². The minimum absolute atomic E-state index is 0. The van der Waals surface area contributed by atoms with Crippen molar-refractivity contribution < 1.29 is 9.47 Å². The third-order valence-corrected chi connectivity index (χ3v) is 4.31. The number of aryl methyl sites for hydroxylation is 1. The largest absolute Gasteiger partial charge is 0.496 e. The average Bonchev–Trinajstić information content (AvgIpc) is 2.52. The van der Waals surface area contributed by atoms with Crippen LogP contribution in [0.3, 0.4) is 0 Å². The van der Waals surface area contributed by atoms with E-state index in [9.17, 15) is 0 Å². The molecule has 0 radical (unpaired) electrons. The predicted molar refractivity (Wildman–Crippen MR) is 105 cm³/mol. The van der Waals surface area contributed by atoms with E-state index in [4.69, 9.17) is 9.47 Å². The molecular formula is C18H32Cl2N2O2. The zero-order chi connectivity index (χ0) is 16.1. The standard InChI is InChI=1S/C18H30N2O2.2ClH/c1-13(2)10-15(20-8-6-19-7-9-20)18-16(21-4)11-14(3)12-17(18)22-5;;/h11-13,15,19H,6-10H2,1-5H3;2*1H/t15-;;/m1../s1. The van der Waals surface area contributed by atoms with Crippen LogP contribution in [0.15, 0.2) is 12.1 Å². The first-order valence-electron chi connectivity index (χ1n) is 8.24. The van der Waals surface area contributed by atoms with E-state index in [0.29, 0.717) is 12.0 Å². The third kappa shape index (κ3) is 5.69. The topological polar surface area (TPSA) is 33.7 Å². The highest BCUT2D eigenvalue weighted by molar-refractivity contribution is 5.85. The molecule has 0 aromatic heterocycles. The fourth-order valence-electron chi connectivity index (χ4n) is 3.29. The van der Waals surface area contributed by atoms with Gasteiger partial charge in [-0.15, -0.1) is 24.8 Å². The van der Waals surface area contributed by atoms with E-state index < -0.39 is 0 Å². The molecule has 2 rings (SSSR count). The average molecular weight is 379 g/mol. The van der Waals surface area contributed by atoms with E-state index in [-0.39, 0.29) is 24.8 Å². The first-order chi connectivity index (χ1) is 10.6. The van der Waals surface area contributed by atoms with Gasteiger partial charge in [0.1, 0.15) is 11.5 Å². The van der Waals surface area contributed by atoms with Gasteiger partial charge in [-0.2, -0.15) is 0 Å². The molecule has 0 saturated carbocycles. The molecule has 0 amide bonds. The predicted octanol–water partition coefficient (Wildman–Crippen LogP) is 3.85. The minimum atomic E-state index is 0. The Hall–Kier alpha value is -0.680. The summed E-state index contributed by atoms with van der Waals surface area (Å²) < 4.78 is 11.4. The van der Waals surface area contributed by atoms with Crippen molar-refractivity contribution in [2.45, 2.75) is 33.2 Å². The van der Waals surface area contributed by atoms with Crippen molar-refractivity contribution in [1.82, 2.24) is 10.2 Å². The normalized spacial score (nSPS) is 16.1. The maximum absolute atomic E-state index is 5.70. The second kappa shape index (κ2) is 11.0. The number of ether oxygens (including phenoxy) is 2. The van der Waals surface area contributed by atoms with Gasteiger partial charge in [-0.25, -0.2) is 0 Å². The lowest BCUT2D eigenvalue weighted by atomic mass is 9.92. The van der Waals surface area contributed by atoms with Crippen LogP contribution in [-0.2, 0) is 0 Å². The SMILES string of the molecule is COc1cc(C)cc(OC)c1[C@@H](CC(C)C)N1CCNCC1.Cl.Cl. The van der Waals surface area contributed by atoms with Gasteiger partial charge < -0.3 is 14.8 Å². The molecule has 1 N–H and O–H groups in total. The molecule has 4 nitrogen and oxygen atoms in total. The summed E-state index contributed by atoms with van der Waals surface area (Å²) >= 11 is 0. The zero-order valence-electron chi connectivity index (χ0n) is 15.4. The third-order valence-electron chi connectivity index (χ3n) is 4.31. The summed E-state index contributed by atoms with van der Waals surface area (Å²) in [5, 5.41) is 3.44. The van der Waals surface area contributed by atoms with E-state index in [1.165, 1.54) is 11.1 Å². The Morgan fingerprint density at radius 1 is 1.04 bits per heavy atom. The Morgan fingerprint density at radius 3 is 1.96 bits per heavy atom. The molecule has 0 aliphatic carbocycles. The molecule has 140 valence electrons. The van der Waals surface area contributed by atoms with Crippen molar-refractivity contribution in [3.8, 4) is 11.5 Å². The quantitative estimate of drug-likeness (QED) is 0.814. The van der Waals surface area contributed by atoms with Gasteiger partial charge >= 0.3 is 0 Å². The molecular weight excluding hydrogens is 347 g/mol. The molecule has 24 heavy (non-hydrogen) atoms. The van der Waals surface area contributed by atoms with Crippen LogP contribution >= 0.6 is 24.8 Å². The number of hydrogen-bond donors (Lipinski definition) is 1. The van der Waals surface area contributed by atoms with Gasteiger partial charge in [-0.05, 0) is 37.0 Å². The van der Waals surface area contributed by atoms with Crippen LogP contribution in [0.2, 0.25) is 0 Å². The smallest absolute Gasteiger partial charge is 0.127 e. The fraction of sp³-hybridized carbons (Fsp3) is 0.667. The zero-order valence-corrected chi connectivity index (χ0v) is 17.1. The molecule has 1 aliphatic rings. The van der Waals surface area contributed by atoms with Crippen molar-refractivity contribution in [1.29, 1.82) is 0 Å². The highest BCUT2D eigenvalue weighted by atomic mass is 35.5. The van der Waals surface area contributed by atoms with Gasteiger partial charge in [0, 0.05) is 32.2 Å². The summed E-state index contributed by atoms with van der Waals surface area (Å²) in [6, 6.07) is 4.58. The Labute approximate surface area is 159 Å². The second-order valence-electron chi connectivity index (χ2n) is 6.51. The van der Waals surface area contributed by atoms with Crippen LogP contribution in [0.1, 0.15) is 37.4 Å². The summed E-state index contributed by atoms with van der Waals surface area (Å²) in [6.45, 7) is 10.9. The highest BCUT2D eigenvalue weighted by Crippen LogP contribution is 2.41. The van der Waals surface area contributed by atoms with Gasteiger partial charge in [0.05, 0.1) is 19.8 Å². The van der Waals surface area contributed by atoms with Crippen LogP contribution < -0.4 is 14.8 Å². The van der Waals surface area contributed by atoms with Crippen LogP contribution in [0, 0.1) is 12.8 Å². The Morgan fingerprint density at radius 2 is 1.54 bits per heavy atom. The van der Waals surface area contributed by atoms with Crippen molar-refractivity contribution in [3.05, 3.63) is 23.3 Å². The number of hydrogen-bond acceptors (Lipinski definition) is 4. The van der Waals surface area contributed by atoms with Crippen molar-refractivity contribution in [2.75, 3.05) is 40.4 Å². The Bertz CT molecular complexity index is 467. The number of nitrogens with zero attached hydrogens (tertiary/aromatic N) is 1. The molecule has 1 atom stereocenters. The minimum Gasteiger partial charge on any atom is -0.496 e. The van der Waals surface area contributed by atoms with E-state index in [0.717, 1.165) is 44.1 Å². The van der Waals surface area contributed by atoms with Gasteiger partial charge in [-0.3, -0.25) is 4.90 Å². The van der Waals surface area contributed by atoms with Crippen LogP contribution in [-0.4, -0.2) is 45.3 Å². The molecule has 1 heterocycles. The molecule has 0 unspecified atom stereocenters. The molecule has 6 heteroatoms. The lowest BCUT2D eigenvalue weighted by molar-refractivity contribution is 0.148. The monoisotopic (exact) mass is 378 g/mol. The Kier molecular flexibility index (Phi) is 10.7. The summed E-state index contributed by atoms with van der Waals surface area (Å²) in [5.74, 6) is 2.51. The Balaban J connectivity index is 0.00000264. The lowest BCUT2D eigenvalue weighted by Gasteiger charge is -2.37. The van der Waals surface area contributed by atoms with E-state index in [2.05, 4.69) is 43.1 Å². The van der Waals surface area contributed by atoms with Crippen LogP contribution in [0.4, 0.5) is 0 Å². The van der Waals surface area contributed by atoms with Gasteiger partial charge in [0.15, 0.2) is 0 Å². The number of rotatable bonds is 6. The molecule has 1 aliphatic heterocycles. The number of methoxy groups -OCH3 is 2. The molecule has 1 saturated heterocycles. The molecule has 0 spiro atoms. The molecule has 1 aromatic rings.